The number of carbonyl (C=O) groups is 1. The summed E-state index contributed by atoms with van der Waals surface area (Å²) in [6.45, 7) is 1.62. The van der Waals surface area contributed by atoms with E-state index in [9.17, 15) is 26.4 Å². The monoisotopic (exact) mass is 536 g/mol. The Balaban J connectivity index is 2.28. The van der Waals surface area contributed by atoms with Crippen molar-refractivity contribution in [3.63, 3.8) is 0 Å². The van der Waals surface area contributed by atoms with Gasteiger partial charge in [0.1, 0.15) is 23.1 Å². The molecule has 0 unspecified atom stereocenters. The number of hydrogen-bond donors (Lipinski definition) is 2. The van der Waals surface area contributed by atoms with Crippen LogP contribution in [0.5, 0.6) is 17.4 Å². The summed E-state index contributed by atoms with van der Waals surface area (Å²) in [6, 6.07) is 4.95. The van der Waals surface area contributed by atoms with Crippen LogP contribution in [0.4, 0.5) is 13.2 Å². The molecule has 2 aromatic rings. The number of nitrogens with zero attached hydrogens (tertiary/aromatic N) is 1. The van der Waals surface area contributed by atoms with Crippen LogP contribution in [0.2, 0.25) is 5.02 Å². The van der Waals surface area contributed by atoms with E-state index in [4.69, 9.17) is 26.2 Å². The van der Waals surface area contributed by atoms with Gasteiger partial charge in [0.05, 0.1) is 17.9 Å². The van der Waals surface area contributed by atoms with E-state index in [0.29, 0.717) is 25.1 Å². The molecule has 2 rings (SSSR count). The zero-order valence-electron chi connectivity index (χ0n) is 18.6. The molecule has 0 saturated heterocycles. The molecule has 0 aliphatic rings. The Bertz CT molecular complexity index is 1160. The molecule has 35 heavy (non-hydrogen) atoms. The van der Waals surface area contributed by atoms with Crippen molar-refractivity contribution in [3.8, 4) is 17.4 Å². The summed E-state index contributed by atoms with van der Waals surface area (Å²) in [4.78, 5) is 15.7. The first-order chi connectivity index (χ1) is 16.4. The highest BCUT2D eigenvalue weighted by Gasteiger charge is 2.32. The van der Waals surface area contributed by atoms with E-state index in [0.717, 1.165) is 12.5 Å². The third-order valence-electron chi connectivity index (χ3n) is 4.37. The molecular formula is C22H24ClF3N2O6S. The lowest BCUT2D eigenvalue weighted by molar-refractivity contribution is -0.137. The minimum absolute atomic E-state index is 0.00412. The molecule has 0 saturated carbocycles. The highest BCUT2D eigenvalue weighted by molar-refractivity contribution is 7.90. The molecule has 1 amide bonds. The quantitative estimate of drug-likeness (QED) is 0.302. The Labute approximate surface area is 205 Å². The van der Waals surface area contributed by atoms with Gasteiger partial charge in [-0.05, 0) is 30.7 Å². The zero-order valence-corrected chi connectivity index (χ0v) is 20.2. The fourth-order valence-electron chi connectivity index (χ4n) is 2.70. The minimum Gasteiger partial charge on any atom is -0.491 e. The molecule has 0 radical (unpaired) electrons. The number of halogens is 4. The van der Waals surface area contributed by atoms with Crippen LogP contribution in [0.15, 0.2) is 36.5 Å². The number of rotatable bonds is 12. The summed E-state index contributed by atoms with van der Waals surface area (Å²) in [5.74, 6) is -1.17. The normalized spacial score (nSPS) is 12.1. The lowest BCUT2D eigenvalue weighted by atomic mass is 10.1. The Morgan fingerprint density at radius 1 is 1.26 bits per heavy atom. The van der Waals surface area contributed by atoms with Gasteiger partial charge in [0, 0.05) is 23.9 Å². The van der Waals surface area contributed by atoms with Crippen LogP contribution in [-0.4, -0.2) is 43.4 Å². The number of aliphatic hydroxyl groups is 1. The molecule has 0 aliphatic carbocycles. The van der Waals surface area contributed by atoms with Gasteiger partial charge >= 0.3 is 6.18 Å². The number of amides is 1. The summed E-state index contributed by atoms with van der Waals surface area (Å²) < 4.78 is 75.4. The van der Waals surface area contributed by atoms with Gasteiger partial charge in [-0.3, -0.25) is 4.79 Å². The summed E-state index contributed by atoms with van der Waals surface area (Å²) in [7, 11) is -3.80. The van der Waals surface area contributed by atoms with E-state index in [1.807, 2.05) is 11.6 Å². The number of unbranched alkanes of at least 4 members (excludes halogenated alkanes) is 2. The predicted octanol–water partition coefficient (Wildman–Crippen LogP) is 4.57. The van der Waals surface area contributed by atoms with Crippen LogP contribution >= 0.6 is 11.6 Å². The number of aliphatic hydroxyl groups excluding tert-OH is 1. The van der Waals surface area contributed by atoms with Gasteiger partial charge in [0.15, 0.2) is 0 Å². The van der Waals surface area contributed by atoms with Gasteiger partial charge in [-0.1, -0.05) is 31.4 Å². The fraction of sp³-hybridized carbons (Fsp3) is 0.364. The first-order valence-electron chi connectivity index (χ1n) is 10.5. The van der Waals surface area contributed by atoms with E-state index in [1.165, 1.54) is 24.3 Å². The molecule has 0 atom stereocenters. The molecule has 0 spiro atoms. The average molecular weight is 537 g/mol. The maximum Gasteiger partial charge on any atom is 0.417 e. The van der Waals surface area contributed by atoms with Crippen LogP contribution in [0, 0.1) is 0 Å². The van der Waals surface area contributed by atoms with Crippen LogP contribution in [0.25, 0.3) is 6.08 Å². The number of nitrogens with one attached hydrogen (secondary N) is 1. The van der Waals surface area contributed by atoms with Crippen molar-refractivity contribution in [2.45, 2.75) is 32.4 Å². The Morgan fingerprint density at radius 2 is 2.00 bits per heavy atom. The van der Waals surface area contributed by atoms with Crippen molar-refractivity contribution in [1.82, 2.24) is 9.71 Å². The van der Waals surface area contributed by atoms with Crippen LogP contribution < -0.4 is 14.2 Å². The molecule has 2 N–H and O–H groups in total. The highest BCUT2D eigenvalue weighted by atomic mass is 35.5. The molecular weight excluding hydrogens is 513 g/mol. The zero-order chi connectivity index (χ0) is 26.1. The maximum absolute atomic E-state index is 12.9. The smallest absolute Gasteiger partial charge is 0.417 e. The molecule has 13 heteroatoms. The van der Waals surface area contributed by atoms with Crippen molar-refractivity contribution >= 4 is 33.6 Å². The summed E-state index contributed by atoms with van der Waals surface area (Å²) in [6.07, 6.45) is 0.0660. The molecule has 1 aromatic carbocycles. The van der Waals surface area contributed by atoms with Gasteiger partial charge in [-0.25, -0.2) is 18.1 Å². The average Bonchev–Trinajstić information content (AvgIpc) is 2.77. The number of hydrogen-bond acceptors (Lipinski definition) is 7. The van der Waals surface area contributed by atoms with Crippen molar-refractivity contribution in [1.29, 1.82) is 0 Å². The number of aromatic nitrogens is 1. The van der Waals surface area contributed by atoms with Gasteiger partial charge in [0.2, 0.25) is 15.9 Å². The molecule has 0 bridgehead atoms. The van der Waals surface area contributed by atoms with Crippen LogP contribution in [0.3, 0.4) is 0 Å². The molecule has 8 nitrogen and oxygen atoms in total. The molecule has 1 heterocycles. The van der Waals surface area contributed by atoms with Crippen LogP contribution in [0.1, 0.15) is 37.3 Å². The van der Waals surface area contributed by atoms with Crippen molar-refractivity contribution in [2.24, 2.45) is 0 Å². The number of pyridine rings is 1. The maximum atomic E-state index is 12.9. The van der Waals surface area contributed by atoms with Gasteiger partial charge in [0.25, 0.3) is 5.91 Å². The van der Waals surface area contributed by atoms with E-state index >= 15 is 0 Å². The standard InChI is InChI=1S/C22H24ClF3N2O6S/c1-2-3-4-11-35(31,32)28-20(30)8-6-15-5-7-17(33-10-9-29)13-19(15)34-21-18(23)12-16(14-27-21)22(24,25)26/h5-8,12-14,29H,2-4,9-11H2,1H3,(H,28,30)/b8-6+. The van der Waals surface area contributed by atoms with E-state index in [-0.39, 0.29) is 41.9 Å². The Hall–Kier alpha value is -2.83. The second kappa shape index (κ2) is 12.8. The summed E-state index contributed by atoms with van der Waals surface area (Å²) in [5, 5.41) is 8.53. The second-order valence-electron chi connectivity index (χ2n) is 7.21. The first-order valence-corrected chi connectivity index (χ1v) is 12.5. The lowest BCUT2D eigenvalue weighted by Gasteiger charge is -2.13. The Kier molecular flexibility index (Phi) is 10.3. The number of benzene rings is 1. The fourth-order valence-corrected chi connectivity index (χ4v) is 3.97. The molecule has 0 fully saturated rings. The topological polar surface area (TPSA) is 115 Å². The van der Waals surface area contributed by atoms with Crippen LogP contribution in [-0.2, 0) is 21.0 Å². The number of alkyl halides is 3. The third-order valence-corrected chi connectivity index (χ3v) is 5.98. The number of ether oxygens (including phenoxy) is 2. The predicted molar refractivity (Wildman–Crippen MR) is 124 cm³/mol. The van der Waals surface area contributed by atoms with Gasteiger partial charge < -0.3 is 14.6 Å². The summed E-state index contributed by atoms with van der Waals surface area (Å²) >= 11 is 5.91. The summed E-state index contributed by atoms with van der Waals surface area (Å²) in [5.41, 5.74) is -0.815. The van der Waals surface area contributed by atoms with E-state index in [1.54, 1.807) is 0 Å². The third kappa shape index (κ3) is 9.38. The van der Waals surface area contributed by atoms with E-state index < -0.39 is 32.7 Å². The number of carbonyl (C=O) groups excluding carboxylic acids is 1. The van der Waals surface area contributed by atoms with Gasteiger partial charge in [-0.15, -0.1) is 0 Å². The second-order valence-corrected chi connectivity index (χ2v) is 9.46. The molecule has 192 valence electrons. The first kappa shape index (κ1) is 28.4. The molecule has 1 aromatic heterocycles. The lowest BCUT2D eigenvalue weighted by Crippen LogP contribution is -2.31. The van der Waals surface area contributed by atoms with Crippen molar-refractivity contribution in [3.05, 3.63) is 52.7 Å². The van der Waals surface area contributed by atoms with Crippen molar-refractivity contribution < 1.29 is 41.0 Å². The SMILES string of the molecule is CCCCCS(=O)(=O)NC(=O)/C=C/c1ccc(OCCO)cc1Oc1ncc(C(F)(F)F)cc1Cl. The number of sulfonamides is 1. The van der Waals surface area contributed by atoms with Gasteiger partial charge in [-0.2, -0.15) is 13.2 Å². The highest BCUT2D eigenvalue weighted by Crippen LogP contribution is 2.36. The largest absolute Gasteiger partial charge is 0.491 e. The van der Waals surface area contributed by atoms with Crippen molar-refractivity contribution in [2.75, 3.05) is 19.0 Å². The minimum atomic E-state index is -4.65. The Morgan fingerprint density at radius 3 is 2.63 bits per heavy atom. The molecule has 0 aliphatic heterocycles. The van der Waals surface area contributed by atoms with E-state index in [2.05, 4.69) is 4.98 Å².